The molecule has 0 radical (unpaired) electrons. The minimum absolute atomic E-state index is 0.719. The first-order valence-electron chi connectivity index (χ1n) is 5.62. The van der Waals surface area contributed by atoms with Crippen LogP contribution in [-0.4, -0.2) is 9.78 Å². The molecular weight excluding hydrogens is 234 g/mol. The number of aryl methyl sites for hydroxylation is 2. The molecule has 3 nitrogen and oxygen atoms in total. The molecule has 0 spiro atoms. The van der Waals surface area contributed by atoms with E-state index in [0.717, 1.165) is 39.6 Å². The van der Waals surface area contributed by atoms with Crippen molar-refractivity contribution in [1.29, 1.82) is 0 Å². The summed E-state index contributed by atoms with van der Waals surface area (Å²) in [5.41, 5.74) is 10.2. The van der Waals surface area contributed by atoms with E-state index in [9.17, 15) is 0 Å². The minimum Gasteiger partial charge on any atom is -0.384 e. The zero-order valence-corrected chi connectivity index (χ0v) is 11.0. The Bertz CT molecular complexity index is 558. The molecule has 0 saturated carbocycles. The minimum atomic E-state index is 0.719. The summed E-state index contributed by atoms with van der Waals surface area (Å²) in [6, 6.07) is 5.83. The Morgan fingerprint density at radius 2 is 2.12 bits per heavy atom. The van der Waals surface area contributed by atoms with E-state index in [1.54, 1.807) is 4.68 Å². The molecule has 0 atom stereocenters. The van der Waals surface area contributed by atoms with Gasteiger partial charge in [-0.3, -0.25) is 4.68 Å². The summed E-state index contributed by atoms with van der Waals surface area (Å²) in [5.74, 6) is 0.724. The number of aromatic nitrogens is 2. The van der Waals surface area contributed by atoms with E-state index in [0.29, 0.717) is 0 Å². The van der Waals surface area contributed by atoms with Crippen LogP contribution in [0.5, 0.6) is 0 Å². The van der Waals surface area contributed by atoms with Crippen LogP contribution in [0.15, 0.2) is 18.2 Å². The zero-order valence-electron chi connectivity index (χ0n) is 10.3. The first-order chi connectivity index (χ1) is 8.04. The molecule has 1 heterocycles. The number of nitrogens with zero attached hydrogens (tertiary/aromatic N) is 2. The molecule has 2 N–H and O–H groups in total. The van der Waals surface area contributed by atoms with E-state index in [-0.39, 0.29) is 0 Å². The van der Waals surface area contributed by atoms with Crippen LogP contribution in [0.1, 0.15) is 18.1 Å². The number of rotatable bonds is 2. The van der Waals surface area contributed by atoms with Gasteiger partial charge >= 0.3 is 0 Å². The number of benzene rings is 1. The first-order valence-corrected chi connectivity index (χ1v) is 6.00. The van der Waals surface area contributed by atoms with Crippen molar-refractivity contribution in [2.24, 2.45) is 7.05 Å². The Morgan fingerprint density at radius 3 is 2.76 bits per heavy atom. The van der Waals surface area contributed by atoms with Gasteiger partial charge in [0.2, 0.25) is 0 Å². The highest BCUT2D eigenvalue weighted by Crippen LogP contribution is 2.31. The molecule has 0 saturated heterocycles. The average Bonchev–Trinajstić information content (AvgIpc) is 2.58. The Labute approximate surface area is 106 Å². The second-order valence-electron chi connectivity index (χ2n) is 4.15. The third-order valence-electron chi connectivity index (χ3n) is 3.00. The quantitative estimate of drug-likeness (QED) is 0.888. The predicted octanol–water partition coefficient (Wildman–Crippen LogP) is 3.19. The van der Waals surface area contributed by atoms with E-state index in [1.165, 1.54) is 0 Å². The Hall–Kier alpha value is -1.48. The van der Waals surface area contributed by atoms with Gasteiger partial charge in [0.25, 0.3) is 0 Å². The summed E-state index contributed by atoms with van der Waals surface area (Å²) >= 11 is 6.04. The fourth-order valence-corrected chi connectivity index (χ4v) is 2.17. The van der Waals surface area contributed by atoms with E-state index in [4.69, 9.17) is 17.3 Å². The predicted molar refractivity (Wildman–Crippen MR) is 72.2 cm³/mol. The smallest absolute Gasteiger partial charge is 0.125 e. The van der Waals surface area contributed by atoms with Gasteiger partial charge < -0.3 is 5.73 Å². The maximum Gasteiger partial charge on any atom is 0.125 e. The van der Waals surface area contributed by atoms with Crippen LogP contribution in [0.25, 0.3) is 11.3 Å². The molecule has 0 unspecified atom stereocenters. The molecule has 2 rings (SSSR count). The Kier molecular flexibility index (Phi) is 3.11. The number of anilines is 1. The molecule has 0 aliphatic carbocycles. The molecular formula is C13H16ClN3. The van der Waals surface area contributed by atoms with Crippen LogP contribution < -0.4 is 5.73 Å². The molecule has 0 aliphatic rings. The molecule has 0 fully saturated rings. The van der Waals surface area contributed by atoms with Gasteiger partial charge in [0.05, 0.1) is 5.69 Å². The average molecular weight is 250 g/mol. The second kappa shape index (κ2) is 4.41. The summed E-state index contributed by atoms with van der Waals surface area (Å²) in [6.45, 7) is 4.13. The summed E-state index contributed by atoms with van der Waals surface area (Å²) in [7, 11) is 1.86. The summed E-state index contributed by atoms with van der Waals surface area (Å²) < 4.78 is 1.72. The highest BCUT2D eigenvalue weighted by Gasteiger charge is 2.15. The van der Waals surface area contributed by atoms with Crippen molar-refractivity contribution in [1.82, 2.24) is 9.78 Å². The van der Waals surface area contributed by atoms with E-state index in [1.807, 2.05) is 25.2 Å². The summed E-state index contributed by atoms with van der Waals surface area (Å²) in [6.07, 6.45) is 0.862. The van der Waals surface area contributed by atoms with Crippen molar-refractivity contribution < 1.29 is 0 Å². The molecule has 0 aliphatic heterocycles. The Balaban J connectivity index is 2.68. The van der Waals surface area contributed by atoms with Crippen LogP contribution in [0.4, 0.5) is 5.82 Å². The summed E-state index contributed by atoms with van der Waals surface area (Å²) in [4.78, 5) is 0. The standard InChI is InChI=1S/C13H16ClN3/c1-4-10-12(16-17(3)13(10)15)11-7-9(14)6-5-8(11)2/h5-7H,4,15H2,1-3H3. The number of nitrogens with two attached hydrogens (primary N) is 1. The number of hydrogen-bond donors (Lipinski definition) is 1. The fourth-order valence-electron chi connectivity index (χ4n) is 2.00. The molecule has 0 amide bonds. The lowest BCUT2D eigenvalue weighted by Gasteiger charge is -2.05. The Morgan fingerprint density at radius 1 is 1.41 bits per heavy atom. The molecule has 2 aromatic rings. The van der Waals surface area contributed by atoms with E-state index in [2.05, 4.69) is 18.9 Å². The van der Waals surface area contributed by atoms with Crippen LogP contribution in [0.3, 0.4) is 0 Å². The van der Waals surface area contributed by atoms with Crippen molar-refractivity contribution in [3.8, 4) is 11.3 Å². The van der Waals surface area contributed by atoms with Crippen molar-refractivity contribution >= 4 is 17.4 Å². The second-order valence-corrected chi connectivity index (χ2v) is 4.59. The molecule has 1 aromatic carbocycles. The van der Waals surface area contributed by atoms with Crippen LogP contribution in [-0.2, 0) is 13.5 Å². The van der Waals surface area contributed by atoms with Crippen LogP contribution >= 0.6 is 11.6 Å². The lowest BCUT2D eigenvalue weighted by Crippen LogP contribution is -1.98. The normalized spacial score (nSPS) is 10.8. The van der Waals surface area contributed by atoms with Gasteiger partial charge in [-0.1, -0.05) is 24.6 Å². The SMILES string of the molecule is CCc1c(-c2cc(Cl)ccc2C)nn(C)c1N. The van der Waals surface area contributed by atoms with Gasteiger partial charge in [-0.15, -0.1) is 0 Å². The zero-order chi connectivity index (χ0) is 12.6. The molecule has 1 aromatic heterocycles. The number of halogens is 1. The van der Waals surface area contributed by atoms with Gasteiger partial charge in [0.15, 0.2) is 0 Å². The number of nitrogen functional groups attached to an aromatic ring is 1. The fraction of sp³-hybridized carbons (Fsp3) is 0.308. The van der Waals surface area contributed by atoms with Crippen LogP contribution in [0, 0.1) is 6.92 Å². The lowest BCUT2D eigenvalue weighted by atomic mass is 10.0. The maximum atomic E-state index is 6.04. The monoisotopic (exact) mass is 249 g/mol. The van der Waals surface area contributed by atoms with Crippen LogP contribution in [0.2, 0.25) is 5.02 Å². The van der Waals surface area contributed by atoms with Gasteiger partial charge in [-0.2, -0.15) is 5.10 Å². The lowest BCUT2D eigenvalue weighted by molar-refractivity contribution is 0.781. The van der Waals surface area contributed by atoms with Crippen molar-refractivity contribution in [2.75, 3.05) is 5.73 Å². The van der Waals surface area contributed by atoms with Gasteiger partial charge in [0, 0.05) is 23.2 Å². The van der Waals surface area contributed by atoms with Crippen molar-refractivity contribution in [2.45, 2.75) is 20.3 Å². The number of hydrogen-bond acceptors (Lipinski definition) is 2. The third kappa shape index (κ3) is 2.03. The molecule has 90 valence electrons. The summed E-state index contributed by atoms with van der Waals surface area (Å²) in [5, 5.41) is 5.21. The van der Waals surface area contributed by atoms with Crippen molar-refractivity contribution in [3.05, 3.63) is 34.3 Å². The van der Waals surface area contributed by atoms with E-state index >= 15 is 0 Å². The van der Waals surface area contributed by atoms with Gasteiger partial charge in [-0.25, -0.2) is 0 Å². The highest BCUT2D eigenvalue weighted by molar-refractivity contribution is 6.30. The van der Waals surface area contributed by atoms with Crippen molar-refractivity contribution in [3.63, 3.8) is 0 Å². The van der Waals surface area contributed by atoms with E-state index < -0.39 is 0 Å². The molecule has 17 heavy (non-hydrogen) atoms. The topological polar surface area (TPSA) is 43.8 Å². The van der Waals surface area contributed by atoms with Gasteiger partial charge in [0.1, 0.15) is 5.82 Å². The largest absolute Gasteiger partial charge is 0.384 e. The third-order valence-corrected chi connectivity index (χ3v) is 3.24. The first kappa shape index (κ1) is 12.0. The maximum absolute atomic E-state index is 6.04. The van der Waals surface area contributed by atoms with Gasteiger partial charge in [-0.05, 0) is 31.0 Å². The highest BCUT2D eigenvalue weighted by atomic mass is 35.5. The molecule has 0 bridgehead atoms. The molecule has 4 heteroatoms.